The number of ether oxygens (including phenoxy) is 1. The second-order valence-electron chi connectivity index (χ2n) is 4.11. The van der Waals surface area contributed by atoms with Gasteiger partial charge < -0.3 is 9.84 Å². The fraction of sp³-hybridized carbons (Fsp3) is 0.462. The summed E-state index contributed by atoms with van der Waals surface area (Å²) in [6.45, 7) is 2.67. The zero-order valence-electron chi connectivity index (χ0n) is 9.40. The van der Waals surface area contributed by atoms with E-state index in [1.807, 2.05) is 25.1 Å². The molecule has 1 aromatic carbocycles. The van der Waals surface area contributed by atoms with Crippen molar-refractivity contribution in [2.75, 3.05) is 6.61 Å². The van der Waals surface area contributed by atoms with E-state index in [4.69, 9.17) is 4.74 Å². The van der Waals surface area contributed by atoms with Crippen LogP contribution in [0.4, 0.5) is 0 Å². The summed E-state index contributed by atoms with van der Waals surface area (Å²) >= 11 is 0. The quantitative estimate of drug-likeness (QED) is 0.848. The van der Waals surface area contributed by atoms with Crippen LogP contribution in [-0.4, -0.2) is 17.7 Å². The van der Waals surface area contributed by atoms with Crippen LogP contribution in [-0.2, 0) is 11.2 Å². The molecule has 3 heteroatoms. The molecule has 0 spiro atoms. The third-order valence-electron chi connectivity index (χ3n) is 3.00. The van der Waals surface area contributed by atoms with Gasteiger partial charge in [-0.05, 0) is 12.0 Å². The summed E-state index contributed by atoms with van der Waals surface area (Å²) < 4.78 is 5.54. The monoisotopic (exact) mass is 220 g/mol. The second kappa shape index (κ2) is 4.56. The van der Waals surface area contributed by atoms with Gasteiger partial charge >= 0.3 is 5.97 Å². The van der Waals surface area contributed by atoms with Gasteiger partial charge in [-0.1, -0.05) is 31.5 Å². The minimum atomic E-state index is -0.759. The zero-order chi connectivity index (χ0) is 11.5. The molecule has 1 aliphatic heterocycles. The Kier molecular flexibility index (Phi) is 3.13. The molecule has 0 saturated heterocycles. The number of benzene rings is 1. The van der Waals surface area contributed by atoms with Gasteiger partial charge in [-0.2, -0.15) is 0 Å². The second-order valence-corrected chi connectivity index (χ2v) is 4.11. The van der Waals surface area contributed by atoms with E-state index in [0.29, 0.717) is 13.0 Å². The number of carboxylic acid groups (broad SMARTS) is 1. The smallest absolute Gasteiger partial charge is 0.311 e. The van der Waals surface area contributed by atoms with Crippen molar-refractivity contribution in [3.05, 3.63) is 29.3 Å². The standard InChI is InChI=1S/C13H16O3/c1-2-4-11(13(14)15)10-6-3-5-9-7-8-16-12(9)10/h3,5-6,11H,2,4,7-8H2,1H3,(H,14,15). The molecular formula is C13H16O3. The van der Waals surface area contributed by atoms with Gasteiger partial charge in [0.2, 0.25) is 0 Å². The number of rotatable bonds is 4. The fourth-order valence-corrected chi connectivity index (χ4v) is 2.22. The van der Waals surface area contributed by atoms with Crippen LogP contribution in [0.2, 0.25) is 0 Å². The van der Waals surface area contributed by atoms with Gasteiger partial charge in [0.25, 0.3) is 0 Å². The van der Waals surface area contributed by atoms with Gasteiger partial charge in [0.1, 0.15) is 5.75 Å². The highest BCUT2D eigenvalue weighted by atomic mass is 16.5. The van der Waals surface area contributed by atoms with Crippen molar-refractivity contribution in [2.24, 2.45) is 0 Å². The molecule has 0 saturated carbocycles. The van der Waals surface area contributed by atoms with E-state index in [1.54, 1.807) is 0 Å². The molecule has 2 rings (SSSR count). The summed E-state index contributed by atoms with van der Waals surface area (Å²) in [4.78, 5) is 11.2. The maximum absolute atomic E-state index is 11.2. The van der Waals surface area contributed by atoms with Crippen LogP contribution in [0.1, 0.15) is 36.8 Å². The van der Waals surface area contributed by atoms with E-state index in [2.05, 4.69) is 0 Å². The van der Waals surface area contributed by atoms with E-state index < -0.39 is 11.9 Å². The molecule has 1 aromatic rings. The summed E-state index contributed by atoms with van der Waals surface area (Å²) in [7, 11) is 0. The zero-order valence-corrected chi connectivity index (χ0v) is 9.40. The van der Waals surface area contributed by atoms with E-state index >= 15 is 0 Å². The molecule has 3 nitrogen and oxygen atoms in total. The Morgan fingerprint density at radius 3 is 3.06 bits per heavy atom. The molecule has 1 aliphatic rings. The largest absolute Gasteiger partial charge is 0.493 e. The molecule has 0 fully saturated rings. The highest BCUT2D eigenvalue weighted by Gasteiger charge is 2.26. The number of fused-ring (bicyclic) bond motifs is 1. The fourth-order valence-electron chi connectivity index (χ4n) is 2.22. The first-order chi connectivity index (χ1) is 7.74. The highest BCUT2D eigenvalue weighted by Crippen LogP contribution is 2.36. The maximum Gasteiger partial charge on any atom is 0.311 e. The Labute approximate surface area is 95.0 Å². The van der Waals surface area contributed by atoms with Crippen molar-refractivity contribution in [1.82, 2.24) is 0 Å². The third-order valence-corrected chi connectivity index (χ3v) is 3.00. The SMILES string of the molecule is CCCC(C(=O)O)c1cccc2c1OCC2. The van der Waals surface area contributed by atoms with Crippen molar-refractivity contribution >= 4 is 5.97 Å². The normalized spacial score (nSPS) is 15.3. The molecule has 0 amide bonds. The summed E-state index contributed by atoms with van der Waals surface area (Å²) in [5.74, 6) is -0.382. The van der Waals surface area contributed by atoms with Gasteiger partial charge in [-0.15, -0.1) is 0 Å². The number of carboxylic acids is 1. The summed E-state index contributed by atoms with van der Waals surface area (Å²) in [6, 6.07) is 5.81. The van der Waals surface area contributed by atoms with Crippen LogP contribution in [0, 0.1) is 0 Å². The van der Waals surface area contributed by atoms with Gasteiger partial charge in [0.15, 0.2) is 0 Å². The molecule has 1 atom stereocenters. The first kappa shape index (κ1) is 11.0. The van der Waals surface area contributed by atoms with Crippen molar-refractivity contribution in [3.63, 3.8) is 0 Å². The predicted octanol–water partition coefficient (Wildman–Crippen LogP) is 2.59. The van der Waals surface area contributed by atoms with E-state index in [0.717, 1.165) is 29.7 Å². The number of carbonyl (C=O) groups is 1. The first-order valence-electron chi connectivity index (χ1n) is 5.71. The number of hydrogen-bond acceptors (Lipinski definition) is 2. The Bertz CT molecular complexity index is 398. The summed E-state index contributed by atoms with van der Waals surface area (Å²) in [6.07, 6.45) is 2.41. The lowest BCUT2D eigenvalue weighted by Crippen LogP contribution is -2.12. The minimum absolute atomic E-state index is 0.432. The molecule has 16 heavy (non-hydrogen) atoms. The van der Waals surface area contributed by atoms with Crippen LogP contribution in [0.3, 0.4) is 0 Å². The Hall–Kier alpha value is -1.51. The van der Waals surface area contributed by atoms with Crippen molar-refractivity contribution in [2.45, 2.75) is 32.1 Å². The van der Waals surface area contributed by atoms with Crippen molar-refractivity contribution in [3.8, 4) is 5.75 Å². The van der Waals surface area contributed by atoms with E-state index in [9.17, 15) is 9.90 Å². The first-order valence-corrected chi connectivity index (χ1v) is 5.71. The lowest BCUT2D eigenvalue weighted by Gasteiger charge is -2.15. The van der Waals surface area contributed by atoms with Crippen LogP contribution >= 0.6 is 0 Å². The number of para-hydroxylation sites is 1. The Morgan fingerprint density at radius 2 is 2.38 bits per heavy atom. The van der Waals surface area contributed by atoms with Crippen LogP contribution in [0.5, 0.6) is 5.75 Å². The van der Waals surface area contributed by atoms with E-state index in [1.165, 1.54) is 0 Å². The maximum atomic E-state index is 11.2. The van der Waals surface area contributed by atoms with Crippen molar-refractivity contribution in [1.29, 1.82) is 0 Å². The van der Waals surface area contributed by atoms with E-state index in [-0.39, 0.29) is 0 Å². The number of hydrogen-bond donors (Lipinski definition) is 1. The molecule has 0 aromatic heterocycles. The summed E-state index contributed by atoms with van der Waals surface area (Å²) in [5.41, 5.74) is 1.98. The average molecular weight is 220 g/mol. The van der Waals surface area contributed by atoms with Crippen LogP contribution in [0.15, 0.2) is 18.2 Å². The average Bonchev–Trinajstić information content (AvgIpc) is 2.73. The van der Waals surface area contributed by atoms with Gasteiger partial charge in [0.05, 0.1) is 12.5 Å². The van der Waals surface area contributed by atoms with Gasteiger partial charge in [-0.3, -0.25) is 4.79 Å². The Morgan fingerprint density at radius 1 is 1.56 bits per heavy atom. The lowest BCUT2D eigenvalue weighted by molar-refractivity contribution is -0.139. The third kappa shape index (κ3) is 1.90. The summed E-state index contributed by atoms with van der Waals surface area (Å²) in [5, 5.41) is 9.23. The van der Waals surface area contributed by atoms with Gasteiger partial charge in [0, 0.05) is 12.0 Å². The predicted molar refractivity (Wildman–Crippen MR) is 60.9 cm³/mol. The molecule has 0 aliphatic carbocycles. The molecular weight excluding hydrogens is 204 g/mol. The molecule has 1 heterocycles. The molecule has 0 bridgehead atoms. The molecule has 0 radical (unpaired) electrons. The number of aliphatic carboxylic acids is 1. The topological polar surface area (TPSA) is 46.5 Å². The van der Waals surface area contributed by atoms with Crippen LogP contribution < -0.4 is 4.74 Å². The Balaban J connectivity index is 2.38. The molecule has 86 valence electrons. The molecule has 1 unspecified atom stereocenters. The van der Waals surface area contributed by atoms with Gasteiger partial charge in [-0.25, -0.2) is 0 Å². The minimum Gasteiger partial charge on any atom is -0.493 e. The molecule has 1 N–H and O–H groups in total. The lowest BCUT2D eigenvalue weighted by atomic mass is 9.92. The highest BCUT2D eigenvalue weighted by molar-refractivity contribution is 5.77. The van der Waals surface area contributed by atoms with Crippen LogP contribution in [0.25, 0.3) is 0 Å². The van der Waals surface area contributed by atoms with Crippen molar-refractivity contribution < 1.29 is 14.6 Å².